The third-order valence-corrected chi connectivity index (χ3v) is 3.77. The third kappa shape index (κ3) is 4.48. The van der Waals surface area contributed by atoms with E-state index < -0.39 is 0 Å². The summed E-state index contributed by atoms with van der Waals surface area (Å²) in [6.45, 7) is 6.98. The van der Waals surface area contributed by atoms with Gasteiger partial charge in [0.05, 0.1) is 0 Å². The molecule has 0 aliphatic heterocycles. The van der Waals surface area contributed by atoms with Crippen LogP contribution in [-0.2, 0) is 0 Å². The van der Waals surface area contributed by atoms with E-state index in [4.69, 9.17) is 5.73 Å². The van der Waals surface area contributed by atoms with Gasteiger partial charge in [-0.2, -0.15) is 0 Å². The van der Waals surface area contributed by atoms with Crippen molar-refractivity contribution >= 4 is 0 Å². The Balaban J connectivity index is 2.63. The van der Waals surface area contributed by atoms with Crippen LogP contribution < -0.4 is 5.73 Å². The standard InChI is InChI=1S/C15H25FN2O/c1-10(2)15(17)7-8-18(4)11(3)13-6-5-12(19)9-14(13)16/h5-6,9-11,15,19H,7-8,17H2,1-4H3. The lowest BCUT2D eigenvalue weighted by molar-refractivity contribution is 0.239. The third-order valence-electron chi connectivity index (χ3n) is 3.77. The molecule has 2 atom stereocenters. The van der Waals surface area contributed by atoms with Gasteiger partial charge in [0, 0.05) is 23.7 Å². The number of phenols is 1. The van der Waals surface area contributed by atoms with Gasteiger partial charge in [0.15, 0.2) is 0 Å². The fraction of sp³-hybridized carbons (Fsp3) is 0.600. The fourth-order valence-corrected chi connectivity index (χ4v) is 1.97. The maximum Gasteiger partial charge on any atom is 0.131 e. The zero-order valence-corrected chi connectivity index (χ0v) is 12.2. The molecule has 108 valence electrons. The van der Waals surface area contributed by atoms with Crippen molar-refractivity contribution in [2.75, 3.05) is 13.6 Å². The second-order valence-electron chi connectivity index (χ2n) is 5.56. The fourth-order valence-electron chi connectivity index (χ4n) is 1.97. The van der Waals surface area contributed by atoms with Crippen molar-refractivity contribution in [2.24, 2.45) is 11.7 Å². The Bertz CT molecular complexity index is 409. The van der Waals surface area contributed by atoms with Crippen LogP contribution >= 0.6 is 0 Å². The van der Waals surface area contributed by atoms with Gasteiger partial charge in [0.1, 0.15) is 11.6 Å². The summed E-state index contributed by atoms with van der Waals surface area (Å²) in [5.74, 6) is 0.0413. The summed E-state index contributed by atoms with van der Waals surface area (Å²) in [5, 5.41) is 9.22. The Labute approximate surface area is 115 Å². The maximum atomic E-state index is 13.8. The van der Waals surface area contributed by atoms with Crippen LogP contribution in [-0.4, -0.2) is 29.6 Å². The molecular formula is C15H25FN2O. The molecule has 0 heterocycles. The molecule has 3 N–H and O–H groups in total. The minimum absolute atomic E-state index is 0.0417. The highest BCUT2D eigenvalue weighted by molar-refractivity contribution is 5.29. The molecule has 0 radical (unpaired) electrons. The SMILES string of the molecule is CC(C)C(N)CCN(C)C(C)c1ccc(O)cc1F. The van der Waals surface area contributed by atoms with Crippen molar-refractivity contribution in [1.82, 2.24) is 4.90 Å². The van der Waals surface area contributed by atoms with E-state index in [1.165, 1.54) is 6.07 Å². The van der Waals surface area contributed by atoms with E-state index >= 15 is 0 Å². The molecule has 1 rings (SSSR count). The number of benzene rings is 1. The first-order valence-electron chi connectivity index (χ1n) is 6.77. The first-order valence-corrected chi connectivity index (χ1v) is 6.77. The normalized spacial score (nSPS) is 14.9. The second-order valence-corrected chi connectivity index (χ2v) is 5.56. The van der Waals surface area contributed by atoms with Crippen LogP contribution in [0.1, 0.15) is 38.8 Å². The molecule has 0 aliphatic carbocycles. The van der Waals surface area contributed by atoms with Gasteiger partial charge in [-0.1, -0.05) is 19.9 Å². The highest BCUT2D eigenvalue weighted by Gasteiger charge is 2.17. The lowest BCUT2D eigenvalue weighted by atomic mass is 10.0. The van der Waals surface area contributed by atoms with Crippen molar-refractivity contribution in [2.45, 2.75) is 39.3 Å². The number of nitrogens with zero attached hydrogens (tertiary/aromatic N) is 1. The summed E-state index contributed by atoms with van der Waals surface area (Å²) in [7, 11) is 1.96. The van der Waals surface area contributed by atoms with E-state index in [-0.39, 0.29) is 23.7 Å². The van der Waals surface area contributed by atoms with E-state index in [9.17, 15) is 9.50 Å². The zero-order valence-electron chi connectivity index (χ0n) is 12.2. The zero-order chi connectivity index (χ0) is 14.6. The average Bonchev–Trinajstić information content (AvgIpc) is 2.34. The molecule has 0 bridgehead atoms. The van der Waals surface area contributed by atoms with Gasteiger partial charge in [0.25, 0.3) is 0 Å². The van der Waals surface area contributed by atoms with Crippen LogP contribution in [0.15, 0.2) is 18.2 Å². The highest BCUT2D eigenvalue weighted by atomic mass is 19.1. The smallest absolute Gasteiger partial charge is 0.131 e. The number of aromatic hydroxyl groups is 1. The average molecular weight is 268 g/mol. The summed E-state index contributed by atoms with van der Waals surface area (Å²) in [5.41, 5.74) is 6.62. The number of rotatable bonds is 6. The van der Waals surface area contributed by atoms with Gasteiger partial charge < -0.3 is 10.8 Å². The predicted molar refractivity (Wildman–Crippen MR) is 76.5 cm³/mol. The molecule has 1 aromatic carbocycles. The Morgan fingerprint density at radius 1 is 1.32 bits per heavy atom. The van der Waals surface area contributed by atoms with Crippen LogP contribution in [0.3, 0.4) is 0 Å². The first kappa shape index (κ1) is 15.9. The van der Waals surface area contributed by atoms with E-state index in [2.05, 4.69) is 18.7 Å². The summed E-state index contributed by atoms with van der Waals surface area (Å²) in [6, 6.07) is 4.43. The molecule has 1 aromatic rings. The Morgan fingerprint density at radius 3 is 2.47 bits per heavy atom. The lowest BCUT2D eigenvalue weighted by Gasteiger charge is -2.27. The number of halogens is 1. The van der Waals surface area contributed by atoms with E-state index in [0.717, 1.165) is 19.0 Å². The number of nitrogens with two attached hydrogens (primary N) is 1. The largest absolute Gasteiger partial charge is 0.508 e. The molecule has 0 aromatic heterocycles. The highest BCUT2D eigenvalue weighted by Crippen LogP contribution is 2.25. The summed E-state index contributed by atoms with van der Waals surface area (Å²) < 4.78 is 13.8. The molecule has 2 unspecified atom stereocenters. The van der Waals surface area contributed by atoms with Crippen molar-refractivity contribution in [1.29, 1.82) is 0 Å². The Morgan fingerprint density at radius 2 is 1.95 bits per heavy atom. The Kier molecular flexibility index (Phi) is 5.76. The molecule has 0 saturated carbocycles. The van der Waals surface area contributed by atoms with Crippen LogP contribution in [0.2, 0.25) is 0 Å². The van der Waals surface area contributed by atoms with Gasteiger partial charge in [0.2, 0.25) is 0 Å². The van der Waals surface area contributed by atoms with Crippen LogP contribution in [0.4, 0.5) is 4.39 Å². The van der Waals surface area contributed by atoms with Crippen LogP contribution in [0.25, 0.3) is 0 Å². The van der Waals surface area contributed by atoms with Crippen molar-refractivity contribution in [3.05, 3.63) is 29.6 Å². The van der Waals surface area contributed by atoms with E-state index in [1.54, 1.807) is 6.07 Å². The second kappa shape index (κ2) is 6.87. The summed E-state index contributed by atoms with van der Waals surface area (Å²) in [6.07, 6.45) is 0.887. The quantitative estimate of drug-likeness (QED) is 0.834. The number of hydrogen-bond donors (Lipinski definition) is 2. The van der Waals surface area contributed by atoms with Gasteiger partial charge in [-0.25, -0.2) is 4.39 Å². The van der Waals surface area contributed by atoms with E-state index in [1.807, 2.05) is 14.0 Å². The van der Waals surface area contributed by atoms with E-state index in [0.29, 0.717) is 11.5 Å². The van der Waals surface area contributed by atoms with Gasteiger partial charge in [-0.05, 0) is 38.9 Å². The van der Waals surface area contributed by atoms with Gasteiger partial charge in [-0.15, -0.1) is 0 Å². The minimum atomic E-state index is -0.368. The Hall–Kier alpha value is -1.13. The topological polar surface area (TPSA) is 49.5 Å². The molecule has 0 saturated heterocycles. The van der Waals surface area contributed by atoms with Crippen LogP contribution in [0.5, 0.6) is 5.75 Å². The summed E-state index contributed by atoms with van der Waals surface area (Å²) >= 11 is 0. The minimum Gasteiger partial charge on any atom is -0.508 e. The van der Waals surface area contributed by atoms with Crippen molar-refractivity contribution < 1.29 is 9.50 Å². The molecule has 3 nitrogen and oxygen atoms in total. The van der Waals surface area contributed by atoms with Crippen LogP contribution in [0, 0.1) is 11.7 Å². The molecule has 0 fully saturated rings. The number of hydrogen-bond acceptors (Lipinski definition) is 3. The van der Waals surface area contributed by atoms with Gasteiger partial charge >= 0.3 is 0 Å². The lowest BCUT2D eigenvalue weighted by Crippen LogP contribution is -2.33. The van der Waals surface area contributed by atoms with Gasteiger partial charge in [-0.3, -0.25) is 4.90 Å². The molecular weight excluding hydrogens is 243 g/mol. The van der Waals surface area contributed by atoms with Crippen molar-refractivity contribution in [3.63, 3.8) is 0 Å². The van der Waals surface area contributed by atoms with Crippen molar-refractivity contribution in [3.8, 4) is 5.75 Å². The molecule has 4 heteroatoms. The number of phenolic OH excluding ortho intramolecular Hbond substituents is 1. The first-order chi connectivity index (χ1) is 8.82. The maximum absolute atomic E-state index is 13.8. The molecule has 0 aliphatic rings. The summed E-state index contributed by atoms with van der Waals surface area (Å²) in [4.78, 5) is 2.08. The molecule has 0 spiro atoms. The molecule has 0 amide bonds. The monoisotopic (exact) mass is 268 g/mol. The molecule has 19 heavy (non-hydrogen) atoms. The predicted octanol–water partition coefficient (Wildman–Crippen LogP) is 2.90.